The Labute approximate surface area is 115 Å². The van der Waals surface area contributed by atoms with Crippen LogP contribution >= 0.6 is 23.1 Å². The van der Waals surface area contributed by atoms with Crippen molar-refractivity contribution in [3.63, 3.8) is 0 Å². The van der Waals surface area contributed by atoms with Crippen LogP contribution in [0.15, 0.2) is 5.38 Å². The molecule has 1 aliphatic rings. The molecule has 1 fully saturated rings. The van der Waals surface area contributed by atoms with Crippen LogP contribution in [0, 0.1) is 6.92 Å². The molecule has 0 bridgehead atoms. The van der Waals surface area contributed by atoms with Gasteiger partial charge in [0.2, 0.25) is 5.91 Å². The van der Waals surface area contributed by atoms with Crippen LogP contribution in [-0.2, 0) is 10.5 Å². The van der Waals surface area contributed by atoms with Gasteiger partial charge in [0.15, 0.2) is 0 Å². The standard InChI is InChI=1S/C12H18N2O2S2/c1-9-13-10(7-18-9)6-17-8-12(16)14-4-2-3-11(14)5-15/h7,11,15H,2-6,8H2,1H3. The highest BCUT2D eigenvalue weighted by Gasteiger charge is 2.27. The molecule has 0 saturated carbocycles. The summed E-state index contributed by atoms with van der Waals surface area (Å²) in [5.74, 6) is 1.41. The number of likely N-dealkylation sites (tertiary alicyclic amines) is 1. The number of aromatic nitrogens is 1. The van der Waals surface area contributed by atoms with E-state index < -0.39 is 0 Å². The first-order valence-electron chi connectivity index (χ1n) is 6.10. The van der Waals surface area contributed by atoms with Gasteiger partial charge in [0.25, 0.3) is 0 Å². The lowest BCUT2D eigenvalue weighted by Crippen LogP contribution is -2.38. The van der Waals surface area contributed by atoms with E-state index in [1.807, 2.05) is 17.2 Å². The molecule has 2 heterocycles. The van der Waals surface area contributed by atoms with Gasteiger partial charge in [-0.25, -0.2) is 4.98 Å². The van der Waals surface area contributed by atoms with Gasteiger partial charge in [-0.1, -0.05) is 0 Å². The number of hydrogen-bond acceptors (Lipinski definition) is 5. The van der Waals surface area contributed by atoms with Gasteiger partial charge in [-0.05, 0) is 19.8 Å². The van der Waals surface area contributed by atoms with Crippen LogP contribution in [0.2, 0.25) is 0 Å². The fraction of sp³-hybridized carbons (Fsp3) is 0.667. The first kappa shape index (κ1) is 13.8. The van der Waals surface area contributed by atoms with Gasteiger partial charge in [0.05, 0.1) is 29.1 Å². The maximum Gasteiger partial charge on any atom is 0.232 e. The Balaban J connectivity index is 1.74. The van der Waals surface area contributed by atoms with Crippen LogP contribution in [0.1, 0.15) is 23.5 Å². The van der Waals surface area contributed by atoms with Crippen molar-refractivity contribution in [2.75, 3.05) is 18.9 Å². The van der Waals surface area contributed by atoms with Crippen LogP contribution in [0.25, 0.3) is 0 Å². The molecule has 0 aliphatic carbocycles. The average molecular weight is 286 g/mol. The number of amides is 1. The van der Waals surface area contributed by atoms with E-state index in [1.165, 1.54) is 0 Å². The lowest BCUT2D eigenvalue weighted by Gasteiger charge is -2.22. The molecule has 1 saturated heterocycles. The number of hydrogen-bond donors (Lipinski definition) is 1. The molecule has 1 aromatic rings. The Bertz CT molecular complexity index is 409. The monoisotopic (exact) mass is 286 g/mol. The van der Waals surface area contributed by atoms with Crippen LogP contribution in [0.3, 0.4) is 0 Å². The summed E-state index contributed by atoms with van der Waals surface area (Å²) in [6, 6.07) is 0.0413. The lowest BCUT2D eigenvalue weighted by atomic mass is 10.2. The SMILES string of the molecule is Cc1nc(CSCC(=O)N2CCCC2CO)cs1. The van der Waals surface area contributed by atoms with Gasteiger partial charge >= 0.3 is 0 Å². The number of rotatable bonds is 5. The maximum absolute atomic E-state index is 12.0. The normalized spacial score (nSPS) is 19.4. The molecule has 1 atom stereocenters. The van der Waals surface area contributed by atoms with Crippen molar-refractivity contribution in [1.82, 2.24) is 9.88 Å². The highest BCUT2D eigenvalue weighted by Crippen LogP contribution is 2.20. The summed E-state index contributed by atoms with van der Waals surface area (Å²) in [6.07, 6.45) is 1.94. The van der Waals surface area contributed by atoms with Gasteiger partial charge in [0, 0.05) is 17.7 Å². The third-order valence-electron chi connectivity index (χ3n) is 3.05. The van der Waals surface area contributed by atoms with Crippen molar-refractivity contribution in [1.29, 1.82) is 0 Å². The van der Waals surface area contributed by atoms with Gasteiger partial charge in [-0.3, -0.25) is 4.79 Å². The molecule has 6 heteroatoms. The molecule has 1 amide bonds. The molecule has 1 unspecified atom stereocenters. The minimum atomic E-state index is 0.0413. The van der Waals surface area contributed by atoms with E-state index in [0.29, 0.717) is 5.75 Å². The smallest absolute Gasteiger partial charge is 0.232 e. The van der Waals surface area contributed by atoms with E-state index in [2.05, 4.69) is 4.98 Å². The highest BCUT2D eigenvalue weighted by molar-refractivity contribution is 7.99. The largest absolute Gasteiger partial charge is 0.394 e. The quantitative estimate of drug-likeness (QED) is 0.894. The molecular formula is C12H18N2O2S2. The first-order chi connectivity index (χ1) is 8.70. The van der Waals surface area contributed by atoms with Crippen molar-refractivity contribution in [2.45, 2.75) is 31.6 Å². The summed E-state index contributed by atoms with van der Waals surface area (Å²) in [5, 5.41) is 12.3. The van der Waals surface area contributed by atoms with Crippen molar-refractivity contribution >= 4 is 29.0 Å². The Kier molecular flexibility index (Phi) is 5.03. The molecular weight excluding hydrogens is 268 g/mol. The molecule has 0 aromatic carbocycles. The number of aliphatic hydroxyl groups is 1. The van der Waals surface area contributed by atoms with Crippen LogP contribution in [0.5, 0.6) is 0 Å². The predicted molar refractivity (Wildman–Crippen MR) is 74.8 cm³/mol. The number of aliphatic hydroxyl groups excluding tert-OH is 1. The zero-order valence-corrected chi connectivity index (χ0v) is 12.1. The predicted octanol–water partition coefficient (Wildman–Crippen LogP) is 1.67. The highest BCUT2D eigenvalue weighted by atomic mass is 32.2. The second-order valence-corrected chi connectivity index (χ2v) is 6.46. The van der Waals surface area contributed by atoms with E-state index in [-0.39, 0.29) is 18.6 Å². The molecule has 0 spiro atoms. The van der Waals surface area contributed by atoms with E-state index in [9.17, 15) is 9.90 Å². The van der Waals surface area contributed by atoms with Crippen molar-refractivity contribution in [2.24, 2.45) is 0 Å². The molecule has 18 heavy (non-hydrogen) atoms. The third-order valence-corrected chi connectivity index (χ3v) is 4.82. The molecule has 100 valence electrons. The summed E-state index contributed by atoms with van der Waals surface area (Å²) in [5.41, 5.74) is 1.05. The summed E-state index contributed by atoms with van der Waals surface area (Å²) in [4.78, 5) is 18.2. The molecule has 1 N–H and O–H groups in total. The molecule has 2 rings (SSSR count). The van der Waals surface area contributed by atoms with Crippen LogP contribution in [-0.4, -0.2) is 45.8 Å². The van der Waals surface area contributed by atoms with E-state index >= 15 is 0 Å². The first-order valence-corrected chi connectivity index (χ1v) is 8.13. The zero-order valence-electron chi connectivity index (χ0n) is 10.5. The molecule has 4 nitrogen and oxygen atoms in total. The van der Waals surface area contributed by atoms with Crippen molar-refractivity contribution in [3.8, 4) is 0 Å². The lowest BCUT2D eigenvalue weighted by molar-refractivity contribution is -0.129. The second kappa shape index (κ2) is 6.54. The number of carbonyl (C=O) groups excluding carboxylic acids is 1. The van der Waals surface area contributed by atoms with E-state index in [4.69, 9.17) is 0 Å². The number of thioether (sulfide) groups is 1. The third kappa shape index (κ3) is 3.46. The maximum atomic E-state index is 12.0. The summed E-state index contributed by atoms with van der Waals surface area (Å²) < 4.78 is 0. The molecule has 1 aliphatic heterocycles. The van der Waals surface area contributed by atoms with Gasteiger partial charge in [0.1, 0.15) is 0 Å². The van der Waals surface area contributed by atoms with Gasteiger partial charge in [-0.15, -0.1) is 23.1 Å². The Hall–Kier alpha value is -0.590. The Morgan fingerprint density at radius 3 is 3.22 bits per heavy atom. The van der Waals surface area contributed by atoms with Gasteiger partial charge in [-0.2, -0.15) is 0 Å². The van der Waals surface area contributed by atoms with Crippen LogP contribution < -0.4 is 0 Å². The Morgan fingerprint density at radius 1 is 1.72 bits per heavy atom. The number of aryl methyl sites for hydroxylation is 1. The van der Waals surface area contributed by atoms with Crippen molar-refractivity contribution < 1.29 is 9.90 Å². The van der Waals surface area contributed by atoms with E-state index in [1.54, 1.807) is 23.1 Å². The van der Waals surface area contributed by atoms with Crippen LogP contribution in [0.4, 0.5) is 0 Å². The minimum absolute atomic E-state index is 0.0413. The summed E-state index contributed by atoms with van der Waals surface area (Å²) >= 11 is 3.24. The minimum Gasteiger partial charge on any atom is -0.394 e. The van der Waals surface area contributed by atoms with Gasteiger partial charge < -0.3 is 10.0 Å². The van der Waals surface area contributed by atoms with E-state index in [0.717, 1.165) is 35.8 Å². The summed E-state index contributed by atoms with van der Waals surface area (Å²) in [6.45, 7) is 2.86. The fourth-order valence-corrected chi connectivity index (χ4v) is 3.67. The number of carbonyl (C=O) groups is 1. The zero-order chi connectivity index (χ0) is 13.0. The number of nitrogens with zero attached hydrogens (tertiary/aromatic N) is 2. The average Bonchev–Trinajstić information content (AvgIpc) is 2.97. The number of thiazole rings is 1. The Morgan fingerprint density at radius 2 is 2.56 bits per heavy atom. The second-order valence-electron chi connectivity index (χ2n) is 4.42. The molecule has 1 aromatic heterocycles. The fourth-order valence-electron chi connectivity index (χ4n) is 2.15. The molecule has 0 radical (unpaired) electrons. The summed E-state index contributed by atoms with van der Waals surface area (Å²) in [7, 11) is 0. The topological polar surface area (TPSA) is 53.4 Å². The van der Waals surface area contributed by atoms with Crippen molar-refractivity contribution in [3.05, 3.63) is 16.1 Å².